The Kier molecular flexibility index (Phi) is 5.31. The number of nitrogens with zero attached hydrogens (tertiary/aromatic N) is 1. The van der Waals surface area contributed by atoms with Crippen molar-refractivity contribution >= 4 is 6.03 Å². The average Bonchev–Trinajstić information content (AvgIpc) is 3.33. The Bertz CT molecular complexity index is 614. The maximum Gasteiger partial charge on any atom is 0.317 e. The second-order valence-corrected chi connectivity index (χ2v) is 7.43. The fraction of sp³-hybridized carbons (Fsp3) is 0.650. The molecular weight excluding hydrogens is 332 g/mol. The summed E-state index contributed by atoms with van der Waals surface area (Å²) in [4.78, 5) is 14.3. The maximum absolute atomic E-state index is 12.4. The molecule has 1 saturated carbocycles. The van der Waals surface area contributed by atoms with Gasteiger partial charge in [0.1, 0.15) is 5.75 Å². The number of carbonyl (C=O) groups excluding carboxylic acids is 1. The summed E-state index contributed by atoms with van der Waals surface area (Å²) in [6.45, 7) is 3.15. The van der Waals surface area contributed by atoms with Crippen LogP contribution in [-0.4, -0.2) is 49.1 Å². The van der Waals surface area contributed by atoms with Gasteiger partial charge in [0.05, 0.1) is 19.3 Å². The van der Waals surface area contributed by atoms with E-state index in [0.717, 1.165) is 37.0 Å². The van der Waals surface area contributed by atoms with Gasteiger partial charge in [0, 0.05) is 32.5 Å². The van der Waals surface area contributed by atoms with E-state index in [1.165, 1.54) is 12.8 Å². The van der Waals surface area contributed by atoms with Gasteiger partial charge >= 0.3 is 6.03 Å². The zero-order chi connectivity index (χ0) is 17.8. The van der Waals surface area contributed by atoms with Gasteiger partial charge in [-0.05, 0) is 43.4 Å². The molecule has 0 aromatic heterocycles. The third-order valence-electron chi connectivity index (χ3n) is 5.57. The third-order valence-corrected chi connectivity index (χ3v) is 5.57. The van der Waals surface area contributed by atoms with E-state index in [9.17, 15) is 4.79 Å². The molecule has 0 radical (unpaired) electrons. The molecule has 3 fully saturated rings. The number of benzene rings is 1. The molecule has 4 rings (SSSR count). The fourth-order valence-electron chi connectivity index (χ4n) is 4.05. The van der Waals surface area contributed by atoms with Gasteiger partial charge in [-0.2, -0.15) is 0 Å². The summed E-state index contributed by atoms with van der Waals surface area (Å²) >= 11 is 0. The van der Waals surface area contributed by atoms with Gasteiger partial charge in [-0.3, -0.25) is 0 Å². The molecule has 142 valence electrons. The summed E-state index contributed by atoms with van der Waals surface area (Å²) in [6, 6.07) is 8.01. The Hall–Kier alpha value is -1.79. The summed E-state index contributed by atoms with van der Waals surface area (Å²) in [5.41, 5.74) is 1.06. The Morgan fingerprint density at radius 3 is 2.65 bits per heavy atom. The van der Waals surface area contributed by atoms with Crippen molar-refractivity contribution in [3.05, 3.63) is 29.8 Å². The monoisotopic (exact) mass is 360 g/mol. The van der Waals surface area contributed by atoms with Crippen LogP contribution in [-0.2, 0) is 16.0 Å². The number of piperidine rings is 1. The van der Waals surface area contributed by atoms with E-state index < -0.39 is 5.79 Å². The molecule has 0 unspecified atom stereocenters. The second-order valence-electron chi connectivity index (χ2n) is 7.43. The number of amides is 2. The van der Waals surface area contributed by atoms with Crippen LogP contribution in [0.1, 0.15) is 44.1 Å². The van der Waals surface area contributed by atoms with E-state index in [1.807, 2.05) is 29.2 Å². The highest BCUT2D eigenvalue weighted by Crippen LogP contribution is 2.31. The first kappa shape index (κ1) is 17.6. The van der Waals surface area contributed by atoms with Gasteiger partial charge in [-0.15, -0.1) is 0 Å². The van der Waals surface area contributed by atoms with Crippen LogP contribution in [0.4, 0.5) is 4.79 Å². The zero-order valence-corrected chi connectivity index (χ0v) is 15.2. The smallest absolute Gasteiger partial charge is 0.317 e. The largest absolute Gasteiger partial charge is 0.490 e. The molecule has 2 heterocycles. The lowest BCUT2D eigenvalue weighted by molar-refractivity contribution is -0.181. The van der Waals surface area contributed by atoms with E-state index in [1.54, 1.807) is 0 Å². The number of hydrogen-bond acceptors (Lipinski definition) is 4. The second kappa shape index (κ2) is 7.84. The molecule has 1 aliphatic carbocycles. The van der Waals surface area contributed by atoms with Crippen molar-refractivity contribution < 1.29 is 19.0 Å². The lowest BCUT2D eigenvalue weighted by atomic mass is 10.0. The number of hydrogen-bond donors (Lipinski definition) is 1. The molecule has 0 atom stereocenters. The van der Waals surface area contributed by atoms with E-state index in [2.05, 4.69) is 5.32 Å². The minimum atomic E-state index is -0.442. The maximum atomic E-state index is 12.4. The van der Waals surface area contributed by atoms with E-state index in [4.69, 9.17) is 14.2 Å². The molecule has 3 aliphatic rings. The van der Waals surface area contributed by atoms with Crippen LogP contribution in [0.5, 0.6) is 5.75 Å². The normalized spacial score (nSPS) is 22.7. The van der Waals surface area contributed by atoms with E-state index in [-0.39, 0.29) is 6.03 Å². The fourth-order valence-corrected chi connectivity index (χ4v) is 4.05. The predicted molar refractivity (Wildman–Crippen MR) is 97.0 cm³/mol. The van der Waals surface area contributed by atoms with Crippen LogP contribution < -0.4 is 10.1 Å². The molecule has 2 aliphatic heterocycles. The van der Waals surface area contributed by atoms with Crippen molar-refractivity contribution in [2.45, 2.75) is 57.0 Å². The summed E-state index contributed by atoms with van der Waals surface area (Å²) in [5.74, 6) is 0.460. The molecule has 26 heavy (non-hydrogen) atoms. The lowest BCUT2D eigenvalue weighted by Crippen LogP contribution is -2.50. The van der Waals surface area contributed by atoms with Crippen molar-refractivity contribution in [2.75, 3.05) is 26.3 Å². The van der Waals surface area contributed by atoms with Gasteiger partial charge < -0.3 is 24.4 Å². The van der Waals surface area contributed by atoms with Crippen molar-refractivity contribution in [3.63, 3.8) is 0 Å². The van der Waals surface area contributed by atoms with Crippen molar-refractivity contribution in [1.29, 1.82) is 0 Å². The van der Waals surface area contributed by atoms with Gasteiger partial charge in [-0.25, -0.2) is 4.79 Å². The number of ether oxygens (including phenoxy) is 3. The van der Waals surface area contributed by atoms with E-state index in [0.29, 0.717) is 39.0 Å². The van der Waals surface area contributed by atoms with Crippen molar-refractivity contribution in [2.24, 2.45) is 0 Å². The van der Waals surface area contributed by atoms with Crippen LogP contribution in [0.25, 0.3) is 0 Å². The number of rotatable bonds is 4. The highest BCUT2D eigenvalue weighted by molar-refractivity contribution is 5.74. The first-order chi connectivity index (χ1) is 12.7. The average molecular weight is 360 g/mol. The Morgan fingerprint density at radius 1 is 1.19 bits per heavy atom. The molecule has 1 aromatic rings. The van der Waals surface area contributed by atoms with Crippen LogP contribution >= 0.6 is 0 Å². The molecule has 6 nitrogen and oxygen atoms in total. The molecule has 1 aromatic carbocycles. The first-order valence-corrected chi connectivity index (χ1v) is 9.79. The quantitative estimate of drug-likeness (QED) is 0.896. The van der Waals surface area contributed by atoms with Gasteiger partial charge in [0.2, 0.25) is 0 Å². The highest BCUT2D eigenvalue weighted by Gasteiger charge is 2.40. The van der Waals surface area contributed by atoms with Crippen molar-refractivity contribution in [1.82, 2.24) is 10.2 Å². The lowest BCUT2D eigenvalue weighted by Gasteiger charge is -2.37. The van der Waals surface area contributed by atoms with Gasteiger partial charge in [0.15, 0.2) is 5.79 Å². The van der Waals surface area contributed by atoms with Crippen LogP contribution in [0, 0.1) is 0 Å². The highest BCUT2D eigenvalue weighted by atomic mass is 16.7. The van der Waals surface area contributed by atoms with Gasteiger partial charge in [0.25, 0.3) is 0 Å². The number of urea groups is 1. The predicted octanol–water partition coefficient (Wildman–Crippen LogP) is 3.06. The third kappa shape index (κ3) is 4.13. The number of nitrogens with one attached hydrogen (secondary N) is 1. The first-order valence-electron chi connectivity index (χ1n) is 9.79. The van der Waals surface area contributed by atoms with Crippen molar-refractivity contribution in [3.8, 4) is 5.75 Å². The zero-order valence-electron chi connectivity index (χ0n) is 15.2. The molecule has 6 heteroatoms. The molecule has 2 amide bonds. The summed E-state index contributed by atoms with van der Waals surface area (Å²) in [5, 5.41) is 3.02. The minimum Gasteiger partial charge on any atom is -0.490 e. The minimum absolute atomic E-state index is 0.0278. The summed E-state index contributed by atoms with van der Waals surface area (Å²) < 4.78 is 17.5. The topological polar surface area (TPSA) is 60.0 Å². The number of likely N-dealkylation sites (tertiary alicyclic amines) is 1. The molecule has 2 saturated heterocycles. The molecule has 1 spiro atoms. The number of carbonyl (C=O) groups is 1. The van der Waals surface area contributed by atoms with Gasteiger partial charge in [-0.1, -0.05) is 12.1 Å². The summed E-state index contributed by atoms with van der Waals surface area (Å²) in [7, 11) is 0. The standard InChI is InChI=1S/C20H28N2O4/c23-19(22-10-8-20(9-11-22)24-12-13-25-20)21-15-16-4-3-7-18(14-16)26-17-5-1-2-6-17/h3-4,7,14,17H,1-2,5-6,8-13,15H2,(H,21,23). The van der Waals surface area contributed by atoms with Crippen LogP contribution in [0.3, 0.4) is 0 Å². The van der Waals surface area contributed by atoms with Crippen LogP contribution in [0.2, 0.25) is 0 Å². The summed E-state index contributed by atoms with van der Waals surface area (Å²) in [6.07, 6.45) is 6.63. The SMILES string of the molecule is O=C(NCc1cccc(OC2CCCC2)c1)N1CCC2(CC1)OCCO2. The van der Waals surface area contributed by atoms with Crippen LogP contribution in [0.15, 0.2) is 24.3 Å². The Morgan fingerprint density at radius 2 is 1.92 bits per heavy atom. The van der Waals surface area contributed by atoms with E-state index >= 15 is 0 Å². The molecule has 0 bridgehead atoms. The molecular formula is C20H28N2O4. The molecule has 1 N–H and O–H groups in total. The Balaban J connectivity index is 1.25. The Labute approximate surface area is 154 Å².